The average Bonchev–Trinajstić information content (AvgIpc) is 3.04. The molecule has 0 aromatic heterocycles. The van der Waals surface area contributed by atoms with E-state index in [0.717, 1.165) is 57.3 Å². The molecule has 0 aliphatic carbocycles. The molecule has 278 valence electrons. The van der Waals surface area contributed by atoms with Crippen molar-refractivity contribution < 1.29 is 43.0 Å². The van der Waals surface area contributed by atoms with E-state index in [9.17, 15) is 19.3 Å². The summed E-state index contributed by atoms with van der Waals surface area (Å²) in [5.41, 5.74) is 0. The minimum Gasteiger partial charge on any atom is -0.462 e. The Hall–Kier alpha value is -2.03. The number of hydrogen-bond donors (Lipinski definition) is 3. The molecular weight excluding hydrogens is 631 g/mol. The second kappa shape index (κ2) is 32.2. The lowest BCUT2D eigenvalue weighted by Crippen LogP contribution is -2.29. The summed E-state index contributed by atoms with van der Waals surface area (Å²) in [5.74, 6) is -0.163. The van der Waals surface area contributed by atoms with Gasteiger partial charge in [-0.05, 0) is 57.3 Å². The van der Waals surface area contributed by atoms with Gasteiger partial charge in [0.2, 0.25) is 0 Å². The average molecular weight is 699 g/mol. The summed E-state index contributed by atoms with van der Waals surface area (Å²) in [6.45, 7) is 5.72. The summed E-state index contributed by atoms with van der Waals surface area (Å²) in [6, 6.07) is 0. The summed E-state index contributed by atoms with van der Waals surface area (Å²) < 4.78 is 26.2. The summed E-state index contributed by atoms with van der Waals surface area (Å²) in [6.07, 6.45) is 33.3. The third kappa shape index (κ3) is 33.9. The number of ether oxygens (including phenoxy) is 2. The number of allylic oxidation sites excluding steroid dienone is 7. The van der Waals surface area contributed by atoms with Gasteiger partial charge in [-0.25, -0.2) is 4.57 Å². The lowest BCUT2D eigenvalue weighted by molar-refractivity contribution is -0.161. The molecule has 0 aromatic rings. The van der Waals surface area contributed by atoms with Gasteiger partial charge in [-0.1, -0.05) is 134 Å². The second-order valence-electron chi connectivity index (χ2n) is 12.6. The van der Waals surface area contributed by atoms with Gasteiger partial charge in [0.1, 0.15) is 6.61 Å². The van der Waals surface area contributed by atoms with Gasteiger partial charge in [-0.3, -0.25) is 14.1 Å². The van der Waals surface area contributed by atoms with E-state index in [1.165, 1.54) is 38.5 Å². The Labute approximate surface area is 291 Å². The van der Waals surface area contributed by atoms with Gasteiger partial charge in [0, 0.05) is 12.8 Å². The van der Waals surface area contributed by atoms with Crippen LogP contribution in [0.1, 0.15) is 149 Å². The van der Waals surface area contributed by atoms with Crippen LogP contribution < -0.4 is 0 Å². The van der Waals surface area contributed by atoms with Crippen LogP contribution in [0.2, 0.25) is 0 Å². The first-order valence-electron chi connectivity index (χ1n) is 18.4. The van der Waals surface area contributed by atoms with Crippen LogP contribution in [0.15, 0.2) is 48.6 Å². The van der Waals surface area contributed by atoms with Gasteiger partial charge < -0.3 is 24.4 Å². The van der Waals surface area contributed by atoms with Crippen LogP contribution in [-0.4, -0.2) is 52.3 Å². The molecule has 0 heterocycles. The van der Waals surface area contributed by atoms with Gasteiger partial charge in [-0.2, -0.15) is 0 Å². The maximum absolute atomic E-state index is 12.3. The zero-order valence-corrected chi connectivity index (χ0v) is 31.0. The van der Waals surface area contributed by atoms with Crippen molar-refractivity contribution in [3.05, 3.63) is 48.6 Å². The highest BCUT2D eigenvalue weighted by atomic mass is 31.2. The fourth-order valence-corrected chi connectivity index (χ4v) is 5.19. The van der Waals surface area contributed by atoms with E-state index >= 15 is 0 Å². The minimum atomic E-state index is -4.77. The quantitative estimate of drug-likeness (QED) is 0.0271. The number of carbonyl (C=O) groups is 2. The number of phosphoric acid groups is 1. The molecule has 0 amide bonds. The molecule has 0 bridgehead atoms. The monoisotopic (exact) mass is 698 g/mol. The van der Waals surface area contributed by atoms with Gasteiger partial charge >= 0.3 is 19.8 Å². The zero-order chi connectivity index (χ0) is 35.7. The first-order valence-corrected chi connectivity index (χ1v) is 19.9. The molecule has 9 nitrogen and oxygen atoms in total. The summed E-state index contributed by atoms with van der Waals surface area (Å²) >= 11 is 0. The van der Waals surface area contributed by atoms with Crippen LogP contribution in [0.4, 0.5) is 0 Å². The smallest absolute Gasteiger partial charge is 0.462 e. The number of unbranched alkanes of at least 4 members (excludes halogenated alkanes) is 8. The van der Waals surface area contributed by atoms with Crippen molar-refractivity contribution in [1.29, 1.82) is 0 Å². The number of rotatable bonds is 32. The van der Waals surface area contributed by atoms with E-state index in [-0.39, 0.29) is 25.6 Å². The maximum atomic E-state index is 12.3. The fraction of sp³-hybridized carbons (Fsp3) is 0.737. The Kier molecular flexibility index (Phi) is 30.8. The predicted molar refractivity (Wildman–Crippen MR) is 194 cm³/mol. The molecule has 0 rings (SSSR count). The van der Waals surface area contributed by atoms with Gasteiger partial charge in [0.05, 0.1) is 12.7 Å². The minimum absolute atomic E-state index is 0.175. The molecule has 48 heavy (non-hydrogen) atoms. The van der Waals surface area contributed by atoms with Crippen molar-refractivity contribution in [1.82, 2.24) is 0 Å². The number of carbonyl (C=O) groups excluding carboxylic acids is 2. The van der Waals surface area contributed by atoms with Crippen LogP contribution in [0.5, 0.6) is 0 Å². The molecule has 0 saturated heterocycles. The van der Waals surface area contributed by atoms with Crippen LogP contribution >= 0.6 is 7.82 Å². The Balaban J connectivity index is 4.12. The Morgan fingerprint density at radius 1 is 0.688 bits per heavy atom. The van der Waals surface area contributed by atoms with Crippen LogP contribution in [0.3, 0.4) is 0 Å². The molecule has 0 fully saturated rings. The van der Waals surface area contributed by atoms with Crippen molar-refractivity contribution in [3.8, 4) is 0 Å². The number of aliphatic hydroxyl groups excluding tert-OH is 1. The van der Waals surface area contributed by atoms with Crippen LogP contribution in [-0.2, 0) is 28.2 Å². The van der Waals surface area contributed by atoms with E-state index in [1.54, 1.807) is 0 Å². The van der Waals surface area contributed by atoms with Gasteiger partial charge in [-0.15, -0.1) is 0 Å². The standard InChI is InChI=1S/C38H67O9P/c1-4-27-35(39)29-24-20-16-11-9-7-6-8-10-12-17-21-25-30-37(40)45-32-36(33-46-48(42,43)44)47-38(41)31-26-22-18-14-13-15-19-23-28-34(3)5-2/h6,8-9,11-12,17,20,24,34-36,39H,4-5,7,10,13-16,18-19,21-23,25-33H2,1-3H3,(H2,42,43,44)/b8-6-,11-9-,17-12-,24-20-/t34?,35?,36-/m1/s1. The summed E-state index contributed by atoms with van der Waals surface area (Å²) in [4.78, 5) is 42.6. The SMILES string of the molecule is CCCC(O)C/C=C\C/C=C\C/C=C\C/C=C\CCCC(=O)OC[C@H](COP(=O)(O)O)OC(=O)CCCCCCCCCCC(C)CC. The number of aliphatic hydroxyl groups is 1. The lowest BCUT2D eigenvalue weighted by atomic mass is 9.99. The van der Waals surface area contributed by atoms with Crippen molar-refractivity contribution >= 4 is 19.8 Å². The summed E-state index contributed by atoms with van der Waals surface area (Å²) in [5, 5.41) is 9.69. The van der Waals surface area contributed by atoms with E-state index < -0.39 is 32.5 Å². The first-order chi connectivity index (χ1) is 23.1. The van der Waals surface area contributed by atoms with Crippen molar-refractivity contribution in [2.24, 2.45) is 5.92 Å². The fourth-order valence-electron chi connectivity index (χ4n) is 4.83. The molecule has 3 N–H and O–H groups in total. The molecule has 0 spiro atoms. The molecule has 0 aliphatic rings. The predicted octanol–water partition coefficient (Wildman–Crippen LogP) is 9.61. The number of esters is 2. The molecule has 3 atom stereocenters. The molecular formula is C38H67O9P. The van der Waals surface area contributed by atoms with Gasteiger partial charge in [0.25, 0.3) is 0 Å². The normalized spacial score (nSPS) is 14.4. The van der Waals surface area contributed by atoms with E-state index in [4.69, 9.17) is 19.3 Å². The van der Waals surface area contributed by atoms with E-state index in [1.807, 2.05) is 18.2 Å². The highest BCUT2D eigenvalue weighted by Gasteiger charge is 2.22. The van der Waals surface area contributed by atoms with Crippen molar-refractivity contribution in [2.45, 2.75) is 161 Å². The zero-order valence-electron chi connectivity index (χ0n) is 30.1. The number of phosphoric ester groups is 1. The highest BCUT2D eigenvalue weighted by molar-refractivity contribution is 7.46. The molecule has 0 saturated carbocycles. The molecule has 0 radical (unpaired) electrons. The Morgan fingerprint density at radius 2 is 1.23 bits per heavy atom. The Bertz CT molecular complexity index is 954. The van der Waals surface area contributed by atoms with Crippen LogP contribution in [0, 0.1) is 5.92 Å². The molecule has 10 heteroatoms. The summed E-state index contributed by atoms with van der Waals surface area (Å²) in [7, 11) is -4.77. The molecule has 0 aliphatic heterocycles. The maximum Gasteiger partial charge on any atom is 0.469 e. The van der Waals surface area contributed by atoms with E-state index in [0.29, 0.717) is 25.7 Å². The molecule has 2 unspecified atom stereocenters. The van der Waals surface area contributed by atoms with Crippen molar-refractivity contribution in [3.63, 3.8) is 0 Å². The van der Waals surface area contributed by atoms with E-state index in [2.05, 4.69) is 55.7 Å². The van der Waals surface area contributed by atoms with Gasteiger partial charge in [0.15, 0.2) is 6.10 Å². The van der Waals surface area contributed by atoms with Crippen LogP contribution in [0.25, 0.3) is 0 Å². The largest absolute Gasteiger partial charge is 0.469 e. The van der Waals surface area contributed by atoms with Crippen molar-refractivity contribution in [2.75, 3.05) is 13.2 Å². The number of hydrogen-bond acceptors (Lipinski definition) is 7. The molecule has 0 aromatic carbocycles. The Morgan fingerprint density at radius 3 is 1.81 bits per heavy atom. The first kappa shape index (κ1) is 46.0. The third-order valence-corrected chi connectivity index (χ3v) is 8.43. The topological polar surface area (TPSA) is 140 Å². The highest BCUT2D eigenvalue weighted by Crippen LogP contribution is 2.36. The lowest BCUT2D eigenvalue weighted by Gasteiger charge is -2.18. The third-order valence-electron chi connectivity index (χ3n) is 7.95. The second-order valence-corrected chi connectivity index (χ2v) is 13.9.